The lowest BCUT2D eigenvalue weighted by molar-refractivity contribution is -0.0620. The van der Waals surface area contributed by atoms with Crippen molar-refractivity contribution < 1.29 is 41.7 Å². The molecular formula is C17H22N2O11P2. The van der Waals surface area contributed by atoms with Crippen molar-refractivity contribution in [1.29, 1.82) is 0 Å². The molecule has 5 atom stereocenters. The van der Waals surface area contributed by atoms with Crippen LogP contribution in [0.5, 0.6) is 0 Å². The molecule has 1 aromatic carbocycles. The first-order valence-electron chi connectivity index (χ1n) is 9.28. The summed E-state index contributed by atoms with van der Waals surface area (Å²) in [6.07, 6.45) is -1.00. The zero-order valence-electron chi connectivity index (χ0n) is 16.8. The van der Waals surface area contributed by atoms with Crippen LogP contribution in [0.4, 0.5) is 0 Å². The van der Waals surface area contributed by atoms with E-state index in [1.807, 2.05) is 0 Å². The molecule has 2 aromatic rings. The molecule has 0 spiro atoms. The van der Waals surface area contributed by atoms with Crippen LogP contribution in [0.1, 0.15) is 18.2 Å². The van der Waals surface area contributed by atoms with E-state index >= 15 is 0 Å². The van der Waals surface area contributed by atoms with Gasteiger partial charge in [-0.05, 0) is 5.56 Å². The summed E-state index contributed by atoms with van der Waals surface area (Å²) in [6.45, 7) is -0.841. The van der Waals surface area contributed by atoms with E-state index in [4.69, 9.17) is 18.5 Å². The molecule has 0 amide bonds. The average Bonchev–Trinajstić information content (AvgIpc) is 3.14. The summed E-state index contributed by atoms with van der Waals surface area (Å²) in [7, 11) is -8.53. The molecule has 32 heavy (non-hydrogen) atoms. The van der Waals surface area contributed by atoms with Crippen LogP contribution in [0.3, 0.4) is 0 Å². The van der Waals surface area contributed by atoms with E-state index in [0.29, 0.717) is 5.56 Å². The predicted octanol–water partition coefficient (Wildman–Crippen LogP) is 1.29. The Hall–Kier alpha value is -1.92. The molecule has 0 saturated carbocycles. The van der Waals surface area contributed by atoms with Gasteiger partial charge in [-0.3, -0.25) is 23.4 Å². The van der Waals surface area contributed by atoms with Gasteiger partial charge in [0, 0.05) is 25.8 Å². The van der Waals surface area contributed by atoms with Gasteiger partial charge in [0.05, 0.1) is 19.3 Å². The molecule has 0 bridgehead atoms. The molecule has 1 aliphatic rings. The fourth-order valence-electron chi connectivity index (χ4n) is 2.99. The van der Waals surface area contributed by atoms with Crippen LogP contribution in [0, 0.1) is 0 Å². The van der Waals surface area contributed by atoms with Gasteiger partial charge in [-0.1, -0.05) is 30.3 Å². The Kier molecular flexibility index (Phi) is 7.99. The number of hydrogen-bond donors (Lipinski definition) is 3. The maximum absolute atomic E-state index is 12.1. The molecule has 3 rings (SSSR count). The number of nitrogens with zero attached hydrogens (tertiary/aromatic N) is 1. The topological polar surface area (TPSA) is 176 Å². The van der Waals surface area contributed by atoms with E-state index in [2.05, 4.69) is 9.29 Å². The van der Waals surface area contributed by atoms with Crippen molar-refractivity contribution in [3.05, 3.63) is 69.0 Å². The molecule has 15 heteroatoms. The first kappa shape index (κ1) is 24.7. The molecule has 1 saturated heterocycles. The van der Waals surface area contributed by atoms with Crippen LogP contribution < -0.4 is 11.2 Å². The summed E-state index contributed by atoms with van der Waals surface area (Å²) < 4.78 is 49.9. The van der Waals surface area contributed by atoms with E-state index in [1.165, 1.54) is 13.3 Å². The third kappa shape index (κ3) is 6.79. The van der Waals surface area contributed by atoms with Gasteiger partial charge >= 0.3 is 21.3 Å². The molecule has 3 N–H and O–H groups in total. The van der Waals surface area contributed by atoms with Crippen LogP contribution in [0.2, 0.25) is 0 Å². The van der Waals surface area contributed by atoms with Gasteiger partial charge in [-0.15, -0.1) is 0 Å². The smallest absolute Gasteiger partial charge is 0.377 e. The average molecular weight is 492 g/mol. The third-order valence-electron chi connectivity index (χ3n) is 4.44. The van der Waals surface area contributed by atoms with Crippen LogP contribution in [-0.2, 0) is 38.6 Å². The second-order valence-corrected chi connectivity index (χ2v) is 9.79. The third-order valence-corrected chi connectivity index (χ3v) is 7.02. The highest BCUT2D eigenvalue weighted by Crippen LogP contribution is 2.60. The molecule has 1 fully saturated rings. The van der Waals surface area contributed by atoms with Gasteiger partial charge in [0.25, 0.3) is 5.56 Å². The van der Waals surface area contributed by atoms with E-state index in [0.717, 1.165) is 10.6 Å². The highest BCUT2D eigenvalue weighted by molar-refractivity contribution is 7.61. The summed E-state index contributed by atoms with van der Waals surface area (Å²) in [5, 5.41) is 0. The molecule has 0 radical (unpaired) electrons. The highest BCUT2D eigenvalue weighted by atomic mass is 31.3. The second-order valence-electron chi connectivity index (χ2n) is 6.75. The molecule has 3 unspecified atom stereocenters. The number of hydrogen-bond acceptors (Lipinski definition) is 9. The zero-order valence-corrected chi connectivity index (χ0v) is 18.6. The van der Waals surface area contributed by atoms with Gasteiger partial charge in [-0.25, -0.2) is 13.9 Å². The zero-order chi connectivity index (χ0) is 23.4. The maximum Gasteiger partial charge on any atom is 0.481 e. The van der Waals surface area contributed by atoms with Gasteiger partial charge in [0.15, 0.2) is 6.23 Å². The maximum atomic E-state index is 12.1. The van der Waals surface area contributed by atoms with Gasteiger partial charge < -0.3 is 19.3 Å². The fraction of sp³-hybridized carbons (Fsp3) is 0.412. The molecule has 2 heterocycles. The van der Waals surface area contributed by atoms with Crippen molar-refractivity contribution in [3.8, 4) is 0 Å². The number of aromatic nitrogens is 2. The number of rotatable bonds is 10. The molecule has 1 aromatic heterocycles. The summed E-state index contributed by atoms with van der Waals surface area (Å²) in [6, 6.07) is 9.50. The molecule has 1 aliphatic heterocycles. The molecule has 13 nitrogen and oxygen atoms in total. The van der Waals surface area contributed by atoms with Crippen molar-refractivity contribution in [2.24, 2.45) is 0 Å². The van der Waals surface area contributed by atoms with Crippen molar-refractivity contribution >= 4 is 15.6 Å². The summed E-state index contributed by atoms with van der Waals surface area (Å²) >= 11 is 0. The monoisotopic (exact) mass is 492 g/mol. The standard InChI is InChI=1S/C17H22N2O11P2/c1-26-14-9-13(29-16(14)19-8-7-15(20)18-17(19)21)11-28-32(24,25)30-31(22,23)27-10-12-5-3-2-4-6-12/h2-8,13-14,16H,9-11H2,1H3,(H,22,23)(H,24,25)(H,18,20,21)/t13-,14-,16?/m0/s1. The summed E-state index contributed by atoms with van der Waals surface area (Å²) in [4.78, 5) is 44.8. The van der Waals surface area contributed by atoms with E-state index in [-0.39, 0.29) is 13.0 Å². The number of methoxy groups -OCH3 is 1. The number of H-pyrrole nitrogens is 1. The fourth-order valence-corrected chi connectivity index (χ4v) is 5.08. The number of phosphoric ester groups is 2. The van der Waals surface area contributed by atoms with Gasteiger partial charge in [0.1, 0.15) is 6.10 Å². The number of phosphoric acid groups is 2. The lowest BCUT2D eigenvalue weighted by Gasteiger charge is -2.19. The summed E-state index contributed by atoms with van der Waals surface area (Å²) in [5.74, 6) is 0. The van der Waals surface area contributed by atoms with E-state index in [1.54, 1.807) is 30.3 Å². The number of nitrogens with one attached hydrogen (secondary N) is 1. The number of benzene rings is 1. The predicted molar refractivity (Wildman–Crippen MR) is 109 cm³/mol. The van der Waals surface area contributed by atoms with Crippen molar-refractivity contribution in [2.75, 3.05) is 13.7 Å². The van der Waals surface area contributed by atoms with Crippen LogP contribution in [0.25, 0.3) is 0 Å². The van der Waals surface area contributed by atoms with Crippen molar-refractivity contribution in [3.63, 3.8) is 0 Å². The Bertz CT molecular complexity index is 1120. The quantitative estimate of drug-likeness (QED) is 0.408. The first-order chi connectivity index (χ1) is 15.1. The SMILES string of the molecule is CO[C@H]1C[C@@H](COP(=O)(O)OP(=O)(O)OCc2ccccc2)OC1n1ccc(=O)[nH]c1=O. The molecule has 176 valence electrons. The van der Waals surface area contributed by atoms with Crippen LogP contribution in [-0.4, -0.2) is 45.3 Å². The Morgan fingerprint density at radius 1 is 1.12 bits per heavy atom. The Morgan fingerprint density at radius 3 is 2.47 bits per heavy atom. The minimum absolute atomic E-state index is 0.161. The van der Waals surface area contributed by atoms with Crippen molar-refractivity contribution in [1.82, 2.24) is 9.55 Å². The summed E-state index contributed by atoms with van der Waals surface area (Å²) in [5.41, 5.74) is -0.758. The minimum Gasteiger partial charge on any atom is -0.377 e. The Morgan fingerprint density at radius 2 is 1.81 bits per heavy atom. The minimum atomic E-state index is -5.00. The normalized spacial score (nSPS) is 24.7. The number of ether oxygens (including phenoxy) is 2. The van der Waals surface area contributed by atoms with Crippen LogP contribution in [0.15, 0.2) is 52.2 Å². The van der Waals surface area contributed by atoms with E-state index < -0.39 is 51.9 Å². The van der Waals surface area contributed by atoms with Gasteiger partial charge in [-0.2, -0.15) is 4.31 Å². The largest absolute Gasteiger partial charge is 0.481 e. The Balaban J connectivity index is 1.56. The van der Waals surface area contributed by atoms with Gasteiger partial charge in [0.2, 0.25) is 0 Å². The molecule has 0 aliphatic carbocycles. The second kappa shape index (κ2) is 10.3. The molecular weight excluding hydrogens is 470 g/mol. The Labute approximate surface area is 181 Å². The van der Waals surface area contributed by atoms with Crippen LogP contribution >= 0.6 is 15.6 Å². The van der Waals surface area contributed by atoms with Crippen molar-refractivity contribution in [2.45, 2.75) is 31.5 Å². The van der Waals surface area contributed by atoms with E-state index in [9.17, 15) is 28.5 Å². The first-order valence-corrected chi connectivity index (χ1v) is 12.3. The highest BCUT2D eigenvalue weighted by Gasteiger charge is 2.40. The number of aromatic amines is 1. The lowest BCUT2D eigenvalue weighted by Crippen LogP contribution is -2.35. The lowest BCUT2D eigenvalue weighted by atomic mass is 10.2.